The van der Waals surface area contributed by atoms with Crippen LogP contribution in [0, 0.1) is 0 Å². The van der Waals surface area contributed by atoms with E-state index in [9.17, 15) is 13.2 Å². The fraction of sp³-hybridized carbons (Fsp3) is 0.348. The molecule has 6 nitrogen and oxygen atoms in total. The number of fused-ring (bicyclic) bond motifs is 5. The quantitative estimate of drug-likeness (QED) is 0.494. The maximum atomic E-state index is 13.5. The third kappa shape index (κ3) is 4.12. The molecule has 3 aromatic rings. The van der Waals surface area contributed by atoms with Crippen LogP contribution < -0.4 is 0 Å². The minimum atomic E-state index is -3.53. The summed E-state index contributed by atoms with van der Waals surface area (Å²) in [4.78, 5) is 16.4. The van der Waals surface area contributed by atoms with Gasteiger partial charge in [0.05, 0.1) is 18.6 Å². The molecule has 1 atom stereocenters. The lowest BCUT2D eigenvalue weighted by Gasteiger charge is -2.30. The van der Waals surface area contributed by atoms with Crippen LogP contribution >= 0.6 is 11.8 Å². The molecule has 0 saturated heterocycles. The molecular weight excluding hydrogens is 432 g/mol. The van der Waals surface area contributed by atoms with Crippen LogP contribution in [0.5, 0.6) is 0 Å². The summed E-state index contributed by atoms with van der Waals surface area (Å²) in [6.07, 6.45) is 1.06. The van der Waals surface area contributed by atoms with E-state index in [0.717, 1.165) is 38.9 Å². The lowest BCUT2D eigenvalue weighted by Crippen LogP contribution is -2.34. The van der Waals surface area contributed by atoms with Crippen molar-refractivity contribution in [3.8, 4) is 11.3 Å². The summed E-state index contributed by atoms with van der Waals surface area (Å²) in [6, 6.07) is 16.1. The molecule has 31 heavy (non-hydrogen) atoms. The molecule has 1 aliphatic rings. The Balaban J connectivity index is 1.92. The molecule has 2 heterocycles. The lowest BCUT2D eigenvalue weighted by molar-refractivity contribution is -0.130. The largest absolute Gasteiger partial charge is 0.342 e. The topological polar surface area (TPSA) is 68.6 Å². The molecule has 0 saturated carbocycles. The van der Waals surface area contributed by atoms with Crippen LogP contribution in [0.15, 0.2) is 53.4 Å². The number of para-hydroxylation sites is 1. The van der Waals surface area contributed by atoms with Gasteiger partial charge in [0.25, 0.3) is 10.1 Å². The molecular formula is C23H26N2O4S2. The number of carbonyl (C=O) groups excluding carboxylic acids is 1. The summed E-state index contributed by atoms with van der Waals surface area (Å²) in [5.41, 5.74) is 4.00. The van der Waals surface area contributed by atoms with E-state index >= 15 is 0 Å². The summed E-state index contributed by atoms with van der Waals surface area (Å²) in [5.74, 6) is 0.0982. The van der Waals surface area contributed by atoms with Gasteiger partial charge in [-0.3, -0.25) is 8.98 Å². The maximum absolute atomic E-state index is 13.5. The van der Waals surface area contributed by atoms with Crippen LogP contribution in [0.1, 0.15) is 24.7 Å². The first kappa shape index (κ1) is 21.9. The summed E-state index contributed by atoms with van der Waals surface area (Å²) < 4.78 is 30.2. The Morgan fingerprint density at radius 2 is 1.77 bits per heavy atom. The lowest BCUT2D eigenvalue weighted by atomic mass is 10.0. The van der Waals surface area contributed by atoms with Crippen molar-refractivity contribution in [3.63, 3.8) is 0 Å². The zero-order valence-electron chi connectivity index (χ0n) is 17.9. The molecule has 0 N–H and O–H groups in total. The van der Waals surface area contributed by atoms with Crippen LogP contribution in [-0.2, 0) is 25.6 Å². The highest BCUT2D eigenvalue weighted by atomic mass is 32.2. The van der Waals surface area contributed by atoms with Gasteiger partial charge in [0, 0.05) is 46.6 Å². The predicted molar refractivity (Wildman–Crippen MR) is 125 cm³/mol. The van der Waals surface area contributed by atoms with Crippen molar-refractivity contribution in [1.82, 2.24) is 9.47 Å². The van der Waals surface area contributed by atoms with E-state index < -0.39 is 10.1 Å². The van der Waals surface area contributed by atoms with E-state index in [0.29, 0.717) is 19.6 Å². The Hall–Kier alpha value is -2.29. The smallest absolute Gasteiger partial charge is 0.264 e. The van der Waals surface area contributed by atoms with E-state index in [1.807, 2.05) is 61.2 Å². The molecule has 1 aromatic heterocycles. The van der Waals surface area contributed by atoms with Crippen molar-refractivity contribution >= 4 is 38.7 Å². The predicted octanol–water partition coefficient (Wildman–Crippen LogP) is 4.30. The van der Waals surface area contributed by atoms with Crippen molar-refractivity contribution in [2.24, 2.45) is 0 Å². The van der Waals surface area contributed by atoms with Crippen LogP contribution in [0.3, 0.4) is 0 Å². The first-order valence-corrected chi connectivity index (χ1v) is 13.1. The third-order valence-corrected chi connectivity index (χ3v) is 7.45. The first-order valence-electron chi connectivity index (χ1n) is 10.4. The van der Waals surface area contributed by atoms with Crippen molar-refractivity contribution in [2.45, 2.75) is 30.5 Å². The normalized spacial score (nSPS) is 15.5. The number of aromatic nitrogens is 1. The Morgan fingerprint density at radius 1 is 1.10 bits per heavy atom. The number of thioether (sulfide) groups is 1. The zero-order valence-corrected chi connectivity index (χ0v) is 19.5. The second-order valence-corrected chi connectivity index (χ2v) is 10.3. The van der Waals surface area contributed by atoms with Gasteiger partial charge in [-0.25, -0.2) is 0 Å². The van der Waals surface area contributed by atoms with Gasteiger partial charge in [-0.05, 0) is 26.0 Å². The number of benzene rings is 2. The standard InChI is InChI=1S/C23H26N2O4S2/c1-4-24(5-2)23(26)22-20-16-10-6-8-12-18(16)25(14-15-29-31(3,27)28)21(20)17-11-7-9-13-19(17)30-22/h6-13,22H,4-5,14-15H2,1-3H3. The zero-order chi connectivity index (χ0) is 22.2. The fourth-order valence-corrected chi connectivity index (χ4v) is 5.91. The van der Waals surface area contributed by atoms with E-state index in [2.05, 4.69) is 10.6 Å². The summed E-state index contributed by atoms with van der Waals surface area (Å²) in [7, 11) is -3.53. The van der Waals surface area contributed by atoms with Gasteiger partial charge in [-0.1, -0.05) is 36.4 Å². The number of hydrogen-bond acceptors (Lipinski definition) is 5. The molecule has 1 aliphatic heterocycles. The molecule has 0 fully saturated rings. The molecule has 0 aliphatic carbocycles. The van der Waals surface area contributed by atoms with Crippen LogP contribution in [0.25, 0.3) is 22.2 Å². The van der Waals surface area contributed by atoms with E-state index in [-0.39, 0.29) is 17.8 Å². The first-order chi connectivity index (χ1) is 14.9. The number of rotatable bonds is 7. The highest BCUT2D eigenvalue weighted by Gasteiger charge is 2.37. The molecule has 0 radical (unpaired) electrons. The molecule has 164 valence electrons. The van der Waals surface area contributed by atoms with Crippen LogP contribution in [0.2, 0.25) is 0 Å². The summed E-state index contributed by atoms with van der Waals surface area (Å²) in [5, 5.41) is 0.663. The van der Waals surface area contributed by atoms with E-state index in [1.54, 1.807) is 11.8 Å². The number of amides is 1. The molecule has 1 amide bonds. The van der Waals surface area contributed by atoms with Crippen molar-refractivity contribution in [2.75, 3.05) is 26.0 Å². The number of carbonyl (C=O) groups is 1. The number of nitrogens with zero attached hydrogens (tertiary/aromatic N) is 2. The molecule has 8 heteroatoms. The van der Waals surface area contributed by atoms with Gasteiger partial charge in [-0.15, -0.1) is 11.8 Å². The second-order valence-electron chi connectivity index (χ2n) is 7.46. The summed E-state index contributed by atoms with van der Waals surface area (Å²) >= 11 is 1.59. The van der Waals surface area contributed by atoms with Crippen LogP contribution in [-0.4, -0.2) is 49.7 Å². The van der Waals surface area contributed by atoms with Gasteiger partial charge < -0.3 is 9.47 Å². The van der Waals surface area contributed by atoms with E-state index in [4.69, 9.17) is 4.18 Å². The van der Waals surface area contributed by atoms with Gasteiger partial charge in [0.15, 0.2) is 0 Å². The SMILES string of the molecule is CCN(CC)C(=O)C1Sc2ccccc2-c2c1c1ccccc1n2CCOS(C)(=O)=O. The third-order valence-electron chi connectivity index (χ3n) is 5.57. The van der Waals surface area contributed by atoms with Gasteiger partial charge in [0.1, 0.15) is 5.25 Å². The van der Waals surface area contributed by atoms with Crippen molar-refractivity contribution in [3.05, 3.63) is 54.1 Å². The Kier molecular flexibility index (Phi) is 6.14. The van der Waals surface area contributed by atoms with Crippen molar-refractivity contribution in [1.29, 1.82) is 0 Å². The number of likely N-dealkylation sites (N-methyl/N-ethyl adjacent to an activating group) is 1. The fourth-order valence-electron chi connectivity index (χ4n) is 4.22. The highest BCUT2D eigenvalue weighted by molar-refractivity contribution is 8.00. The Bertz CT molecular complexity index is 1230. The second kappa shape index (κ2) is 8.68. The molecule has 0 spiro atoms. The molecule has 0 bridgehead atoms. The highest BCUT2D eigenvalue weighted by Crippen LogP contribution is 2.53. The minimum Gasteiger partial charge on any atom is -0.342 e. The van der Waals surface area contributed by atoms with Crippen LogP contribution in [0.4, 0.5) is 0 Å². The molecule has 2 aromatic carbocycles. The molecule has 1 unspecified atom stereocenters. The maximum Gasteiger partial charge on any atom is 0.264 e. The Labute approximate surface area is 187 Å². The molecule has 4 rings (SSSR count). The van der Waals surface area contributed by atoms with Gasteiger partial charge in [0.2, 0.25) is 5.91 Å². The van der Waals surface area contributed by atoms with Gasteiger partial charge >= 0.3 is 0 Å². The monoisotopic (exact) mass is 458 g/mol. The number of hydrogen-bond donors (Lipinski definition) is 0. The average Bonchev–Trinajstić information content (AvgIpc) is 3.08. The van der Waals surface area contributed by atoms with Gasteiger partial charge in [-0.2, -0.15) is 8.42 Å². The minimum absolute atomic E-state index is 0.0356. The van der Waals surface area contributed by atoms with Crippen molar-refractivity contribution < 1.29 is 17.4 Å². The summed E-state index contributed by atoms with van der Waals surface area (Å²) in [6.45, 7) is 5.71. The van der Waals surface area contributed by atoms with E-state index in [1.165, 1.54) is 0 Å². The average molecular weight is 459 g/mol. The Morgan fingerprint density at radius 3 is 2.48 bits per heavy atom.